The molecule has 2 aromatic heterocycles. The summed E-state index contributed by atoms with van der Waals surface area (Å²) in [6.07, 6.45) is 2.91. The van der Waals surface area contributed by atoms with Crippen LogP contribution in [0.2, 0.25) is 5.02 Å². The van der Waals surface area contributed by atoms with Gasteiger partial charge in [-0.1, -0.05) is 18.5 Å². The van der Waals surface area contributed by atoms with Crippen LogP contribution in [0.25, 0.3) is 5.52 Å². The Kier molecular flexibility index (Phi) is 7.16. The Bertz CT molecular complexity index is 1490. The van der Waals surface area contributed by atoms with Crippen LogP contribution >= 0.6 is 11.6 Å². The molecular formula is C26H26ClFN5O3Si. The van der Waals surface area contributed by atoms with E-state index in [9.17, 15) is 4.79 Å². The molecule has 1 atom stereocenters. The van der Waals surface area contributed by atoms with E-state index in [0.29, 0.717) is 39.9 Å². The van der Waals surface area contributed by atoms with E-state index in [4.69, 9.17) is 31.8 Å². The minimum Gasteiger partial charge on any atom is -0.497 e. The molecule has 0 saturated carbocycles. The zero-order valence-corrected chi connectivity index (χ0v) is 22.8. The van der Waals surface area contributed by atoms with Crippen molar-refractivity contribution < 1.29 is 18.7 Å². The molecule has 0 aliphatic heterocycles. The van der Waals surface area contributed by atoms with Gasteiger partial charge in [0.1, 0.15) is 34.2 Å². The maximum atomic E-state index is 15.5. The number of benzene rings is 2. The van der Waals surface area contributed by atoms with Gasteiger partial charge in [0, 0.05) is 38.9 Å². The summed E-state index contributed by atoms with van der Waals surface area (Å²) < 4.78 is 28.5. The van der Waals surface area contributed by atoms with Crippen molar-refractivity contribution >= 4 is 44.8 Å². The number of ether oxygens (including phenoxy) is 2. The number of rotatable bonds is 7. The van der Waals surface area contributed by atoms with Gasteiger partial charge in [0.15, 0.2) is 5.82 Å². The van der Waals surface area contributed by atoms with Gasteiger partial charge in [-0.2, -0.15) is 0 Å². The maximum Gasteiger partial charge on any atom is 0.262 e. The van der Waals surface area contributed by atoms with E-state index < -0.39 is 16.8 Å². The fourth-order valence-corrected chi connectivity index (χ4v) is 4.69. The Morgan fingerprint density at radius 3 is 2.59 bits per heavy atom. The molecule has 4 aromatic rings. The summed E-state index contributed by atoms with van der Waals surface area (Å²) in [6.45, 7) is 7.20. The maximum absolute atomic E-state index is 15.5. The van der Waals surface area contributed by atoms with Crippen LogP contribution in [0.1, 0.15) is 48.2 Å². The van der Waals surface area contributed by atoms with Gasteiger partial charge >= 0.3 is 0 Å². The zero-order valence-electron chi connectivity index (χ0n) is 21.0. The number of fused-ring (bicyclic) bond motifs is 1. The second-order valence-electron chi connectivity index (χ2n) is 8.95. The Balaban J connectivity index is 1.91. The molecule has 2 aromatic carbocycles. The zero-order chi connectivity index (χ0) is 27.1. The molecule has 191 valence electrons. The molecule has 0 bridgehead atoms. The van der Waals surface area contributed by atoms with E-state index in [-0.39, 0.29) is 22.4 Å². The van der Waals surface area contributed by atoms with Gasteiger partial charge in [-0.05, 0) is 51.1 Å². The molecule has 2 heterocycles. The lowest BCUT2D eigenvalue weighted by Gasteiger charge is -2.29. The van der Waals surface area contributed by atoms with E-state index in [2.05, 4.69) is 20.5 Å². The van der Waals surface area contributed by atoms with Gasteiger partial charge in [-0.15, -0.1) is 0 Å². The number of hydrogen-bond acceptors (Lipinski definition) is 6. The van der Waals surface area contributed by atoms with Crippen molar-refractivity contribution in [3.05, 3.63) is 76.2 Å². The summed E-state index contributed by atoms with van der Waals surface area (Å²) >= 11 is 6.35. The monoisotopic (exact) mass is 538 g/mol. The number of aryl methyl sites for hydroxylation is 1. The van der Waals surface area contributed by atoms with Crippen molar-refractivity contribution in [1.82, 2.24) is 14.4 Å². The number of carbonyl (C=O) groups is 1. The number of hydrogen-bond donors (Lipinski definition) is 2. The highest BCUT2D eigenvalue weighted by molar-refractivity contribution is 6.32. The molecule has 3 N–H and O–H groups in total. The number of anilines is 2. The van der Waals surface area contributed by atoms with Crippen LogP contribution in [0.15, 0.2) is 42.7 Å². The fourth-order valence-electron chi connectivity index (χ4n) is 4.12. The van der Waals surface area contributed by atoms with Crippen molar-refractivity contribution in [2.45, 2.75) is 38.8 Å². The Labute approximate surface area is 222 Å². The highest BCUT2D eigenvalue weighted by Crippen LogP contribution is 2.42. The number of carbonyl (C=O) groups excluding carboxylic acids is 1. The molecule has 0 saturated heterocycles. The predicted molar refractivity (Wildman–Crippen MR) is 142 cm³/mol. The molecule has 4 rings (SSSR count). The van der Waals surface area contributed by atoms with Crippen molar-refractivity contribution in [1.29, 1.82) is 0 Å². The number of nitrogens with two attached hydrogens (primary N) is 1. The van der Waals surface area contributed by atoms with Gasteiger partial charge < -0.3 is 20.5 Å². The summed E-state index contributed by atoms with van der Waals surface area (Å²) in [5, 5.41) is 1.39. The molecule has 1 amide bonds. The highest BCUT2D eigenvalue weighted by atomic mass is 35.5. The number of amides is 1. The Morgan fingerprint density at radius 2 is 1.97 bits per heavy atom. The van der Waals surface area contributed by atoms with Crippen LogP contribution < -0.4 is 20.5 Å². The number of halogens is 2. The second kappa shape index (κ2) is 10.0. The van der Waals surface area contributed by atoms with Crippen molar-refractivity contribution in [2.75, 3.05) is 18.2 Å². The van der Waals surface area contributed by atoms with E-state index in [1.54, 1.807) is 62.0 Å². The Morgan fingerprint density at radius 1 is 1.30 bits per heavy atom. The smallest absolute Gasteiger partial charge is 0.262 e. The molecule has 11 heteroatoms. The van der Waals surface area contributed by atoms with Gasteiger partial charge in [0.05, 0.1) is 23.9 Å². The largest absolute Gasteiger partial charge is 0.497 e. The van der Waals surface area contributed by atoms with Crippen LogP contribution in [-0.4, -0.2) is 43.7 Å². The lowest BCUT2D eigenvalue weighted by Crippen LogP contribution is -2.30. The van der Waals surface area contributed by atoms with E-state index in [0.717, 1.165) is 0 Å². The lowest BCUT2D eigenvalue weighted by atomic mass is 9.94. The van der Waals surface area contributed by atoms with Crippen LogP contribution in [0.3, 0.4) is 0 Å². The summed E-state index contributed by atoms with van der Waals surface area (Å²) in [5.41, 5.74) is 7.93. The first kappa shape index (κ1) is 26.4. The second-order valence-corrected chi connectivity index (χ2v) is 10.4. The van der Waals surface area contributed by atoms with Gasteiger partial charge in [-0.3, -0.25) is 9.20 Å². The molecule has 0 spiro atoms. The first-order valence-corrected chi connectivity index (χ1v) is 12.3. The van der Waals surface area contributed by atoms with Crippen LogP contribution in [0, 0.1) is 12.7 Å². The molecule has 0 aliphatic rings. The van der Waals surface area contributed by atoms with E-state index in [1.807, 2.05) is 13.8 Å². The highest BCUT2D eigenvalue weighted by Gasteiger charge is 2.37. The molecular weight excluding hydrogens is 513 g/mol. The molecule has 3 radical (unpaired) electrons. The van der Waals surface area contributed by atoms with Gasteiger partial charge in [0.2, 0.25) is 0 Å². The minimum atomic E-state index is -1.08. The molecule has 0 aliphatic carbocycles. The van der Waals surface area contributed by atoms with Gasteiger partial charge in [0.25, 0.3) is 5.91 Å². The standard InChI is InChI=1S/C26H26ClFN5O3Si/c1-13(2)36-22-17(26(4,37)25-31-14(3)21-23(29)30-10-11-33(21)25)12-18(27)20(28)19(22)24(34)32-15-6-8-16(35-5)9-7-15/h6-13H,1-5H3,(H2,29,30)(H,32,34)/t26-/m0/s1. The van der Waals surface area contributed by atoms with Gasteiger partial charge in [-0.25, -0.2) is 14.4 Å². The minimum absolute atomic E-state index is 0.0387. The number of nitrogens with one attached hydrogen (secondary N) is 1. The Hall–Kier alpha value is -3.63. The fraction of sp³-hybridized carbons (Fsp3) is 0.269. The van der Waals surface area contributed by atoms with Crippen LogP contribution in [-0.2, 0) is 5.04 Å². The normalized spacial score (nSPS) is 13.0. The van der Waals surface area contributed by atoms with Crippen molar-refractivity contribution in [3.63, 3.8) is 0 Å². The summed E-state index contributed by atoms with van der Waals surface area (Å²) in [7, 11) is 5.38. The predicted octanol–water partition coefficient (Wildman–Crippen LogP) is 4.89. The molecule has 8 nitrogen and oxygen atoms in total. The molecule has 37 heavy (non-hydrogen) atoms. The number of nitrogens with zero attached hydrogens (tertiary/aromatic N) is 3. The molecule has 0 fully saturated rings. The first-order chi connectivity index (χ1) is 17.4. The third-order valence-electron chi connectivity index (χ3n) is 5.84. The third kappa shape index (κ3) is 4.86. The third-order valence-corrected chi connectivity index (χ3v) is 6.61. The van der Waals surface area contributed by atoms with E-state index >= 15 is 4.39 Å². The van der Waals surface area contributed by atoms with Crippen molar-refractivity contribution in [2.24, 2.45) is 0 Å². The first-order valence-electron chi connectivity index (χ1n) is 11.4. The number of aromatic nitrogens is 3. The number of imidazole rings is 1. The SMILES string of the molecule is COc1ccc(NC(=O)c2c(F)c(Cl)cc([C@](C)([Si])c3nc(C)c4c(N)nccn34)c2OC(C)C)cc1. The quantitative estimate of drug-likeness (QED) is 0.325. The van der Waals surface area contributed by atoms with Crippen LogP contribution in [0.5, 0.6) is 11.5 Å². The summed E-state index contributed by atoms with van der Waals surface area (Å²) in [6, 6.07) is 8.10. The summed E-state index contributed by atoms with van der Waals surface area (Å²) in [5.74, 6) is -0.128. The number of nitrogen functional groups attached to an aromatic ring is 1. The topological polar surface area (TPSA) is 104 Å². The lowest BCUT2D eigenvalue weighted by molar-refractivity contribution is 0.101. The van der Waals surface area contributed by atoms with E-state index in [1.165, 1.54) is 6.07 Å². The van der Waals surface area contributed by atoms with Crippen molar-refractivity contribution in [3.8, 4) is 11.5 Å². The average Bonchev–Trinajstić information content (AvgIpc) is 3.20. The molecule has 0 unspecified atom stereocenters. The summed E-state index contributed by atoms with van der Waals surface area (Å²) in [4.78, 5) is 22.3. The number of methoxy groups -OCH3 is 1. The average molecular weight is 539 g/mol. The van der Waals surface area contributed by atoms with Crippen LogP contribution in [0.4, 0.5) is 15.9 Å².